The van der Waals surface area contributed by atoms with Crippen LogP contribution in [0.3, 0.4) is 0 Å². The predicted octanol–water partition coefficient (Wildman–Crippen LogP) is 3.33. The highest BCUT2D eigenvalue weighted by atomic mass is 16.5. The number of hydrogen-bond acceptors (Lipinski definition) is 4. The molecule has 1 fully saturated rings. The van der Waals surface area contributed by atoms with Crippen molar-refractivity contribution in [1.82, 2.24) is 15.4 Å². The lowest BCUT2D eigenvalue weighted by molar-refractivity contribution is 0.0896. The number of nitrogens with zero attached hydrogens (tertiary/aromatic N) is 2. The first kappa shape index (κ1) is 16.7. The number of aromatic nitrogens is 1. The second-order valence-electron chi connectivity index (χ2n) is 6.42. The summed E-state index contributed by atoms with van der Waals surface area (Å²) in [7, 11) is 0. The summed E-state index contributed by atoms with van der Waals surface area (Å²) in [6.45, 7) is 4.54. The molecule has 1 aliphatic heterocycles. The number of likely N-dealkylation sites (tertiary alicyclic amines) is 1. The van der Waals surface area contributed by atoms with Crippen LogP contribution in [0.2, 0.25) is 0 Å². The second kappa shape index (κ2) is 8.11. The van der Waals surface area contributed by atoms with E-state index in [1.807, 2.05) is 13.0 Å². The van der Waals surface area contributed by atoms with Gasteiger partial charge in [0.25, 0.3) is 5.91 Å². The van der Waals surface area contributed by atoms with Crippen molar-refractivity contribution in [2.45, 2.75) is 38.6 Å². The maximum absolute atomic E-state index is 12.3. The zero-order valence-corrected chi connectivity index (χ0v) is 14.2. The average Bonchev–Trinajstić information content (AvgIpc) is 2.87. The van der Waals surface area contributed by atoms with E-state index in [2.05, 4.69) is 39.6 Å². The van der Waals surface area contributed by atoms with Gasteiger partial charge in [-0.2, -0.15) is 0 Å². The van der Waals surface area contributed by atoms with E-state index in [0.29, 0.717) is 12.2 Å². The third kappa shape index (κ3) is 4.23. The highest BCUT2D eigenvalue weighted by molar-refractivity contribution is 5.91. The first-order valence-corrected chi connectivity index (χ1v) is 8.74. The van der Waals surface area contributed by atoms with Gasteiger partial charge in [-0.1, -0.05) is 48.3 Å². The zero-order chi connectivity index (χ0) is 16.8. The number of aryl methyl sites for hydroxylation is 1. The van der Waals surface area contributed by atoms with Crippen LogP contribution < -0.4 is 5.32 Å². The van der Waals surface area contributed by atoms with E-state index in [1.165, 1.54) is 31.2 Å². The predicted molar refractivity (Wildman–Crippen MR) is 92.8 cm³/mol. The number of carbonyl (C=O) groups is 1. The van der Waals surface area contributed by atoms with E-state index in [1.54, 1.807) is 6.07 Å². The van der Waals surface area contributed by atoms with Gasteiger partial charge in [0, 0.05) is 12.6 Å². The minimum absolute atomic E-state index is 0.192. The van der Waals surface area contributed by atoms with E-state index in [0.717, 1.165) is 13.1 Å². The minimum Gasteiger partial charge on any atom is -0.351 e. The molecule has 1 N–H and O–H groups in total. The van der Waals surface area contributed by atoms with Crippen LogP contribution in [0.4, 0.5) is 0 Å². The fourth-order valence-corrected chi connectivity index (χ4v) is 3.29. The van der Waals surface area contributed by atoms with E-state index in [4.69, 9.17) is 4.52 Å². The number of hydrogen-bond donors (Lipinski definition) is 1. The Hall–Kier alpha value is -2.14. The van der Waals surface area contributed by atoms with Crippen molar-refractivity contribution in [3.05, 3.63) is 53.4 Å². The summed E-state index contributed by atoms with van der Waals surface area (Å²) >= 11 is 0. The molecule has 128 valence electrons. The fourth-order valence-electron chi connectivity index (χ4n) is 3.29. The quantitative estimate of drug-likeness (QED) is 0.915. The number of benzene rings is 1. The van der Waals surface area contributed by atoms with Gasteiger partial charge in [0.05, 0.1) is 11.7 Å². The van der Waals surface area contributed by atoms with Crippen molar-refractivity contribution in [3.8, 4) is 0 Å². The molecule has 2 heterocycles. The standard InChI is InChI=1S/C19H25N3O2/c1-15-13-18(24-21-15)19(23)20-14-17(16-9-5-4-6-10-16)22-11-7-2-3-8-12-22/h4-6,9-10,13,17H,2-3,7-8,11-12,14H2,1H3,(H,20,23)/t17-/m0/s1. The third-order valence-corrected chi connectivity index (χ3v) is 4.57. The van der Waals surface area contributed by atoms with Crippen molar-refractivity contribution in [3.63, 3.8) is 0 Å². The zero-order valence-electron chi connectivity index (χ0n) is 14.2. The first-order valence-electron chi connectivity index (χ1n) is 8.74. The molecule has 0 bridgehead atoms. The molecular weight excluding hydrogens is 302 g/mol. The monoisotopic (exact) mass is 327 g/mol. The van der Waals surface area contributed by atoms with Gasteiger partial charge in [0.15, 0.2) is 0 Å². The van der Waals surface area contributed by atoms with Crippen molar-refractivity contribution < 1.29 is 9.32 Å². The Kier molecular flexibility index (Phi) is 5.64. The van der Waals surface area contributed by atoms with Crippen LogP contribution >= 0.6 is 0 Å². The second-order valence-corrected chi connectivity index (χ2v) is 6.42. The molecule has 2 aromatic rings. The molecule has 0 unspecified atom stereocenters. The molecule has 3 rings (SSSR count). The van der Waals surface area contributed by atoms with Crippen molar-refractivity contribution >= 4 is 5.91 Å². The molecule has 0 aliphatic carbocycles. The highest BCUT2D eigenvalue weighted by Gasteiger charge is 2.23. The van der Waals surface area contributed by atoms with Crippen LogP contribution in [0.15, 0.2) is 40.9 Å². The molecule has 1 atom stereocenters. The molecule has 1 aliphatic rings. The Bertz CT molecular complexity index is 646. The van der Waals surface area contributed by atoms with E-state index in [9.17, 15) is 4.79 Å². The van der Waals surface area contributed by atoms with Crippen LogP contribution in [0.5, 0.6) is 0 Å². The molecular formula is C19H25N3O2. The van der Waals surface area contributed by atoms with Gasteiger partial charge in [0.1, 0.15) is 0 Å². The van der Waals surface area contributed by atoms with Gasteiger partial charge in [-0.3, -0.25) is 9.69 Å². The Balaban J connectivity index is 1.71. The smallest absolute Gasteiger partial charge is 0.289 e. The van der Waals surface area contributed by atoms with Crippen LogP contribution in [0.25, 0.3) is 0 Å². The van der Waals surface area contributed by atoms with Crippen molar-refractivity contribution in [1.29, 1.82) is 0 Å². The molecule has 5 nitrogen and oxygen atoms in total. The van der Waals surface area contributed by atoms with Gasteiger partial charge in [-0.25, -0.2) is 0 Å². The van der Waals surface area contributed by atoms with Crippen molar-refractivity contribution in [2.75, 3.05) is 19.6 Å². The Morgan fingerprint density at radius 1 is 1.21 bits per heavy atom. The lowest BCUT2D eigenvalue weighted by Crippen LogP contribution is -2.38. The molecule has 5 heteroatoms. The van der Waals surface area contributed by atoms with Gasteiger partial charge in [0.2, 0.25) is 5.76 Å². The maximum atomic E-state index is 12.3. The van der Waals surface area contributed by atoms with Gasteiger partial charge in [-0.15, -0.1) is 0 Å². The SMILES string of the molecule is Cc1cc(C(=O)NC[C@@H](c2ccccc2)N2CCCCCC2)on1. The molecule has 0 saturated carbocycles. The minimum atomic E-state index is -0.202. The number of carbonyl (C=O) groups excluding carboxylic acids is 1. The topological polar surface area (TPSA) is 58.4 Å². The Labute approximate surface area is 143 Å². The van der Waals surface area contributed by atoms with E-state index in [-0.39, 0.29) is 17.7 Å². The number of rotatable bonds is 5. The van der Waals surface area contributed by atoms with Crippen molar-refractivity contribution in [2.24, 2.45) is 0 Å². The molecule has 1 aromatic carbocycles. The maximum Gasteiger partial charge on any atom is 0.289 e. The fraction of sp³-hybridized carbons (Fsp3) is 0.474. The molecule has 1 saturated heterocycles. The summed E-state index contributed by atoms with van der Waals surface area (Å²) in [4.78, 5) is 14.8. The summed E-state index contributed by atoms with van der Waals surface area (Å²) in [5, 5.41) is 6.79. The molecule has 0 spiro atoms. The van der Waals surface area contributed by atoms with Crippen LogP contribution in [0.1, 0.15) is 53.5 Å². The van der Waals surface area contributed by atoms with Crippen LogP contribution in [-0.2, 0) is 0 Å². The van der Waals surface area contributed by atoms with E-state index >= 15 is 0 Å². The van der Waals surface area contributed by atoms with E-state index < -0.39 is 0 Å². The summed E-state index contributed by atoms with van der Waals surface area (Å²) in [6, 6.07) is 12.3. The summed E-state index contributed by atoms with van der Waals surface area (Å²) in [5.74, 6) is 0.0709. The number of nitrogens with one attached hydrogen (secondary N) is 1. The van der Waals surface area contributed by atoms with Gasteiger partial charge >= 0.3 is 0 Å². The van der Waals surface area contributed by atoms with Crippen LogP contribution in [0, 0.1) is 6.92 Å². The van der Waals surface area contributed by atoms with Gasteiger partial charge < -0.3 is 9.84 Å². The molecule has 0 radical (unpaired) electrons. The summed E-state index contributed by atoms with van der Waals surface area (Å²) in [5.41, 5.74) is 1.96. The first-order chi connectivity index (χ1) is 11.7. The average molecular weight is 327 g/mol. The molecule has 1 aromatic heterocycles. The molecule has 24 heavy (non-hydrogen) atoms. The largest absolute Gasteiger partial charge is 0.351 e. The number of amides is 1. The summed E-state index contributed by atoms with van der Waals surface area (Å²) < 4.78 is 5.05. The lowest BCUT2D eigenvalue weighted by atomic mass is 10.0. The highest BCUT2D eigenvalue weighted by Crippen LogP contribution is 2.23. The lowest BCUT2D eigenvalue weighted by Gasteiger charge is -2.31. The van der Waals surface area contributed by atoms with Crippen LogP contribution in [-0.4, -0.2) is 35.6 Å². The molecule has 1 amide bonds. The Morgan fingerprint density at radius 2 is 1.92 bits per heavy atom. The van der Waals surface area contributed by atoms with Gasteiger partial charge in [-0.05, 0) is 38.4 Å². The Morgan fingerprint density at radius 3 is 2.54 bits per heavy atom. The summed E-state index contributed by atoms with van der Waals surface area (Å²) in [6.07, 6.45) is 5.03. The third-order valence-electron chi connectivity index (χ3n) is 4.57. The normalized spacial score (nSPS) is 17.2.